The van der Waals surface area contributed by atoms with E-state index < -0.39 is 0 Å². The largest absolute Gasteiger partial charge is 0.506 e. The lowest BCUT2D eigenvalue weighted by molar-refractivity contribution is 0.472. The Bertz CT molecular complexity index is 316. The lowest BCUT2D eigenvalue weighted by atomic mass is 10.3. The topological polar surface area (TPSA) is 61.3 Å². The van der Waals surface area contributed by atoms with Gasteiger partial charge >= 0.3 is 0 Å². The molecule has 1 saturated heterocycles. The summed E-state index contributed by atoms with van der Waals surface area (Å²) < 4.78 is 0. The molecule has 0 bridgehead atoms. The molecule has 0 aliphatic carbocycles. The SMILES string of the molecule is NCCC1CN1Nc1ccccc1O. The summed E-state index contributed by atoms with van der Waals surface area (Å²) in [5.74, 6) is 0.283. The molecule has 2 rings (SSSR count). The van der Waals surface area contributed by atoms with E-state index in [-0.39, 0.29) is 5.75 Å². The van der Waals surface area contributed by atoms with E-state index in [0.717, 1.165) is 18.7 Å². The first-order valence-corrected chi connectivity index (χ1v) is 4.82. The van der Waals surface area contributed by atoms with Crippen LogP contribution in [0, 0.1) is 0 Å². The first-order valence-electron chi connectivity index (χ1n) is 4.82. The van der Waals surface area contributed by atoms with Crippen LogP contribution in [0.1, 0.15) is 6.42 Å². The van der Waals surface area contributed by atoms with Crippen LogP contribution in [0.15, 0.2) is 24.3 Å². The third-order valence-corrected chi connectivity index (χ3v) is 2.38. The molecule has 2 atom stereocenters. The lowest BCUT2D eigenvalue weighted by Gasteiger charge is -2.08. The van der Waals surface area contributed by atoms with Crippen LogP contribution in [0.25, 0.3) is 0 Å². The molecule has 1 aliphatic rings. The van der Waals surface area contributed by atoms with Crippen molar-refractivity contribution >= 4 is 5.69 Å². The Morgan fingerprint density at radius 1 is 1.50 bits per heavy atom. The van der Waals surface area contributed by atoms with E-state index in [4.69, 9.17) is 5.73 Å². The highest BCUT2D eigenvalue weighted by Gasteiger charge is 2.33. The van der Waals surface area contributed by atoms with Gasteiger partial charge in [-0.3, -0.25) is 0 Å². The first kappa shape index (κ1) is 9.30. The molecule has 76 valence electrons. The van der Waals surface area contributed by atoms with Gasteiger partial charge in [0.25, 0.3) is 0 Å². The normalized spacial score (nSPS) is 24.6. The second kappa shape index (κ2) is 3.86. The number of hydrogen-bond acceptors (Lipinski definition) is 4. The Labute approximate surface area is 83.3 Å². The van der Waals surface area contributed by atoms with Crippen molar-refractivity contribution < 1.29 is 5.11 Å². The van der Waals surface area contributed by atoms with Crippen molar-refractivity contribution in [2.24, 2.45) is 5.73 Å². The molecule has 1 aromatic rings. The number of phenols is 1. The van der Waals surface area contributed by atoms with Gasteiger partial charge in [-0.2, -0.15) is 0 Å². The summed E-state index contributed by atoms with van der Waals surface area (Å²) in [5, 5.41) is 11.6. The number of rotatable bonds is 4. The number of nitrogens with one attached hydrogen (secondary N) is 1. The van der Waals surface area contributed by atoms with Crippen LogP contribution in [0.2, 0.25) is 0 Å². The summed E-state index contributed by atoms with van der Waals surface area (Å²) in [5.41, 5.74) is 9.35. The van der Waals surface area contributed by atoms with Crippen LogP contribution >= 0.6 is 0 Å². The zero-order valence-corrected chi connectivity index (χ0v) is 7.98. The number of phenolic OH excluding ortho intramolecular Hbond substituents is 1. The van der Waals surface area contributed by atoms with E-state index in [2.05, 4.69) is 10.4 Å². The van der Waals surface area contributed by atoms with E-state index in [1.165, 1.54) is 0 Å². The maximum Gasteiger partial charge on any atom is 0.140 e. The number of hydrazine groups is 1. The summed E-state index contributed by atoms with van der Waals surface area (Å²) in [6, 6.07) is 7.75. The van der Waals surface area contributed by atoms with Gasteiger partial charge in [-0.15, -0.1) is 0 Å². The van der Waals surface area contributed by atoms with E-state index in [1.807, 2.05) is 12.1 Å². The summed E-state index contributed by atoms with van der Waals surface area (Å²) in [7, 11) is 0. The fourth-order valence-electron chi connectivity index (χ4n) is 1.48. The first-order chi connectivity index (χ1) is 6.81. The molecule has 0 amide bonds. The number of anilines is 1. The zero-order chi connectivity index (χ0) is 9.97. The molecule has 0 aromatic heterocycles. The second-order valence-electron chi connectivity index (χ2n) is 3.51. The minimum Gasteiger partial charge on any atom is -0.506 e. The smallest absolute Gasteiger partial charge is 0.140 e. The van der Waals surface area contributed by atoms with Crippen molar-refractivity contribution in [1.82, 2.24) is 5.01 Å². The minimum atomic E-state index is 0.283. The number of benzene rings is 1. The van der Waals surface area contributed by atoms with Crippen molar-refractivity contribution in [1.29, 1.82) is 0 Å². The van der Waals surface area contributed by atoms with Crippen molar-refractivity contribution in [2.75, 3.05) is 18.5 Å². The molecular weight excluding hydrogens is 178 g/mol. The predicted octanol–water partition coefficient (Wildman–Crippen LogP) is 0.752. The van der Waals surface area contributed by atoms with Gasteiger partial charge in [-0.05, 0) is 25.1 Å². The Morgan fingerprint density at radius 3 is 3.00 bits per heavy atom. The van der Waals surface area contributed by atoms with Crippen LogP contribution < -0.4 is 11.2 Å². The van der Waals surface area contributed by atoms with Gasteiger partial charge in [-0.1, -0.05) is 12.1 Å². The number of para-hydroxylation sites is 2. The average molecular weight is 193 g/mol. The van der Waals surface area contributed by atoms with Gasteiger partial charge in [0.15, 0.2) is 0 Å². The van der Waals surface area contributed by atoms with Crippen molar-refractivity contribution in [3.05, 3.63) is 24.3 Å². The third kappa shape index (κ3) is 1.97. The minimum absolute atomic E-state index is 0.283. The van der Waals surface area contributed by atoms with Crippen LogP contribution in [0.3, 0.4) is 0 Å². The van der Waals surface area contributed by atoms with Crippen LogP contribution in [-0.4, -0.2) is 29.2 Å². The molecule has 4 nitrogen and oxygen atoms in total. The molecule has 4 heteroatoms. The van der Waals surface area contributed by atoms with E-state index >= 15 is 0 Å². The van der Waals surface area contributed by atoms with Crippen molar-refractivity contribution in [3.63, 3.8) is 0 Å². The van der Waals surface area contributed by atoms with E-state index in [0.29, 0.717) is 12.6 Å². The third-order valence-electron chi connectivity index (χ3n) is 2.38. The molecule has 1 fully saturated rings. The lowest BCUT2D eigenvalue weighted by Crippen LogP contribution is -2.13. The monoisotopic (exact) mass is 193 g/mol. The average Bonchev–Trinajstić information content (AvgIpc) is 2.89. The maximum atomic E-state index is 9.49. The van der Waals surface area contributed by atoms with Crippen LogP contribution in [0.4, 0.5) is 5.69 Å². The van der Waals surface area contributed by atoms with Gasteiger partial charge in [-0.25, -0.2) is 5.01 Å². The Kier molecular flexibility index (Phi) is 2.56. The quantitative estimate of drug-likeness (QED) is 0.488. The molecule has 1 aliphatic heterocycles. The Hall–Kier alpha value is -1.26. The van der Waals surface area contributed by atoms with Crippen molar-refractivity contribution in [3.8, 4) is 5.75 Å². The highest BCUT2D eigenvalue weighted by atomic mass is 16.3. The van der Waals surface area contributed by atoms with Gasteiger partial charge in [0, 0.05) is 12.6 Å². The molecule has 2 unspecified atom stereocenters. The number of hydrogen-bond donors (Lipinski definition) is 3. The van der Waals surface area contributed by atoms with Crippen LogP contribution in [-0.2, 0) is 0 Å². The summed E-state index contributed by atoms with van der Waals surface area (Å²) >= 11 is 0. The Morgan fingerprint density at radius 2 is 2.29 bits per heavy atom. The molecule has 0 radical (unpaired) electrons. The van der Waals surface area contributed by atoms with Gasteiger partial charge in [0.1, 0.15) is 5.75 Å². The van der Waals surface area contributed by atoms with E-state index in [9.17, 15) is 5.11 Å². The van der Waals surface area contributed by atoms with Gasteiger partial charge in [0.05, 0.1) is 5.69 Å². The molecule has 14 heavy (non-hydrogen) atoms. The Balaban J connectivity index is 1.90. The van der Waals surface area contributed by atoms with Crippen molar-refractivity contribution in [2.45, 2.75) is 12.5 Å². The van der Waals surface area contributed by atoms with E-state index in [1.54, 1.807) is 12.1 Å². The number of nitrogens with zero attached hydrogens (tertiary/aromatic N) is 1. The second-order valence-corrected chi connectivity index (χ2v) is 3.51. The highest BCUT2D eigenvalue weighted by molar-refractivity contribution is 5.54. The maximum absolute atomic E-state index is 9.49. The standard InChI is InChI=1S/C10H15N3O/c11-6-5-8-7-13(8)12-9-3-1-2-4-10(9)14/h1-4,8,12,14H,5-7,11H2. The molecule has 1 heterocycles. The zero-order valence-electron chi connectivity index (χ0n) is 7.98. The highest BCUT2D eigenvalue weighted by Crippen LogP contribution is 2.27. The number of nitrogens with two attached hydrogens (primary N) is 1. The summed E-state index contributed by atoms with van der Waals surface area (Å²) in [6.07, 6.45) is 1.00. The molecular formula is C10H15N3O. The molecule has 0 spiro atoms. The number of aromatic hydroxyl groups is 1. The fourth-order valence-corrected chi connectivity index (χ4v) is 1.48. The summed E-state index contributed by atoms with van der Waals surface area (Å²) in [6.45, 7) is 1.72. The van der Waals surface area contributed by atoms with Crippen LogP contribution in [0.5, 0.6) is 5.75 Å². The van der Waals surface area contributed by atoms with Gasteiger partial charge < -0.3 is 16.3 Å². The van der Waals surface area contributed by atoms with Gasteiger partial charge in [0.2, 0.25) is 0 Å². The predicted molar refractivity (Wildman–Crippen MR) is 55.9 cm³/mol. The fraction of sp³-hybridized carbons (Fsp3) is 0.400. The molecule has 4 N–H and O–H groups in total. The molecule has 1 aromatic carbocycles. The summed E-state index contributed by atoms with van der Waals surface area (Å²) in [4.78, 5) is 0. The molecule has 0 saturated carbocycles.